The first-order valence-corrected chi connectivity index (χ1v) is 9.44. The van der Waals surface area contributed by atoms with Gasteiger partial charge in [-0.05, 0) is 11.1 Å². The molecule has 2 N–H and O–H groups in total. The Morgan fingerprint density at radius 1 is 1.14 bits per heavy atom. The van der Waals surface area contributed by atoms with Crippen molar-refractivity contribution in [1.29, 1.82) is 0 Å². The SMILES string of the molecule is COCc1nn2c(c1-c1ccccc1)NC(=O)C2CC(=O)NCc1ccccc1. The number of nitrogens with zero attached hydrogens (tertiary/aromatic N) is 2. The summed E-state index contributed by atoms with van der Waals surface area (Å²) in [5.74, 6) is 0.171. The molecule has 0 aliphatic carbocycles. The van der Waals surface area contributed by atoms with Crippen LogP contribution in [0.5, 0.6) is 0 Å². The number of anilines is 1. The fourth-order valence-electron chi connectivity index (χ4n) is 3.51. The highest BCUT2D eigenvalue weighted by molar-refractivity contribution is 6.03. The molecule has 7 heteroatoms. The number of aromatic nitrogens is 2. The van der Waals surface area contributed by atoms with Crippen LogP contribution in [0.1, 0.15) is 23.7 Å². The minimum Gasteiger partial charge on any atom is -0.378 e. The largest absolute Gasteiger partial charge is 0.378 e. The molecule has 0 fully saturated rings. The quantitative estimate of drug-likeness (QED) is 0.650. The van der Waals surface area contributed by atoms with Crippen molar-refractivity contribution in [3.8, 4) is 11.1 Å². The summed E-state index contributed by atoms with van der Waals surface area (Å²) in [6, 6.07) is 18.7. The molecule has 1 unspecified atom stereocenters. The van der Waals surface area contributed by atoms with Crippen molar-refractivity contribution in [2.24, 2.45) is 0 Å². The van der Waals surface area contributed by atoms with E-state index in [2.05, 4.69) is 15.7 Å². The van der Waals surface area contributed by atoms with Crippen molar-refractivity contribution in [2.45, 2.75) is 25.6 Å². The monoisotopic (exact) mass is 390 g/mol. The molecule has 1 aliphatic rings. The molecule has 148 valence electrons. The van der Waals surface area contributed by atoms with Crippen LogP contribution in [0.15, 0.2) is 60.7 Å². The van der Waals surface area contributed by atoms with Crippen LogP contribution in [-0.4, -0.2) is 28.7 Å². The lowest BCUT2D eigenvalue weighted by atomic mass is 10.1. The van der Waals surface area contributed by atoms with E-state index in [0.717, 1.165) is 22.4 Å². The Balaban J connectivity index is 1.55. The zero-order valence-electron chi connectivity index (χ0n) is 16.1. The molecule has 0 spiro atoms. The third-order valence-corrected chi connectivity index (χ3v) is 4.88. The standard InChI is InChI=1S/C22H22N4O3/c1-29-14-17-20(16-10-6-3-7-11-16)21-24-22(28)18(26(21)25-17)12-19(27)23-13-15-8-4-2-5-9-15/h2-11,18H,12-14H2,1H3,(H,23,27)(H,24,28). The Kier molecular flexibility index (Phi) is 5.39. The van der Waals surface area contributed by atoms with Gasteiger partial charge in [0.2, 0.25) is 5.91 Å². The van der Waals surface area contributed by atoms with Gasteiger partial charge in [0.15, 0.2) is 0 Å². The lowest BCUT2D eigenvalue weighted by Crippen LogP contribution is -2.28. The fraction of sp³-hybridized carbons (Fsp3) is 0.227. The summed E-state index contributed by atoms with van der Waals surface area (Å²) in [5, 5.41) is 10.4. The number of benzene rings is 2. The van der Waals surface area contributed by atoms with Crippen LogP contribution in [0.25, 0.3) is 11.1 Å². The summed E-state index contributed by atoms with van der Waals surface area (Å²) >= 11 is 0. The van der Waals surface area contributed by atoms with E-state index in [1.807, 2.05) is 60.7 Å². The molecule has 1 aliphatic heterocycles. The molecular weight excluding hydrogens is 368 g/mol. The number of ether oxygens (including phenoxy) is 1. The van der Waals surface area contributed by atoms with Gasteiger partial charge in [-0.3, -0.25) is 9.59 Å². The van der Waals surface area contributed by atoms with Crippen LogP contribution >= 0.6 is 0 Å². The molecule has 7 nitrogen and oxygen atoms in total. The third-order valence-electron chi connectivity index (χ3n) is 4.88. The van der Waals surface area contributed by atoms with Crippen molar-refractivity contribution in [2.75, 3.05) is 12.4 Å². The molecule has 0 bridgehead atoms. The lowest BCUT2D eigenvalue weighted by Gasteiger charge is -2.10. The van der Waals surface area contributed by atoms with Gasteiger partial charge in [-0.25, -0.2) is 4.68 Å². The van der Waals surface area contributed by atoms with Gasteiger partial charge < -0.3 is 15.4 Å². The van der Waals surface area contributed by atoms with Gasteiger partial charge in [0, 0.05) is 19.2 Å². The molecule has 3 aromatic rings. The number of methoxy groups -OCH3 is 1. The second-order valence-corrected chi connectivity index (χ2v) is 6.89. The summed E-state index contributed by atoms with van der Waals surface area (Å²) in [6.07, 6.45) is 0.0218. The average Bonchev–Trinajstić information content (AvgIpc) is 3.23. The predicted octanol–water partition coefficient (Wildman–Crippen LogP) is 2.90. The fourth-order valence-corrected chi connectivity index (χ4v) is 3.51. The van der Waals surface area contributed by atoms with Crippen LogP contribution < -0.4 is 10.6 Å². The summed E-state index contributed by atoms with van der Waals surface area (Å²) in [5.41, 5.74) is 3.50. The van der Waals surface area contributed by atoms with E-state index < -0.39 is 6.04 Å². The van der Waals surface area contributed by atoms with Crippen molar-refractivity contribution in [3.05, 3.63) is 71.9 Å². The minimum atomic E-state index is -0.686. The van der Waals surface area contributed by atoms with Crippen LogP contribution in [0.3, 0.4) is 0 Å². The van der Waals surface area contributed by atoms with Gasteiger partial charge in [0.25, 0.3) is 5.91 Å². The minimum absolute atomic E-state index is 0.0218. The molecule has 2 amide bonds. The maximum atomic E-state index is 12.6. The molecule has 4 rings (SSSR count). The number of amides is 2. The van der Waals surface area contributed by atoms with Crippen molar-refractivity contribution < 1.29 is 14.3 Å². The Hall–Kier alpha value is -3.45. The van der Waals surface area contributed by atoms with E-state index >= 15 is 0 Å². The smallest absolute Gasteiger partial charge is 0.251 e. The van der Waals surface area contributed by atoms with Crippen molar-refractivity contribution in [3.63, 3.8) is 0 Å². The van der Waals surface area contributed by atoms with E-state index in [9.17, 15) is 9.59 Å². The number of rotatable bonds is 7. The Morgan fingerprint density at radius 3 is 2.52 bits per heavy atom. The van der Waals surface area contributed by atoms with Crippen LogP contribution in [0.4, 0.5) is 5.82 Å². The highest BCUT2D eigenvalue weighted by Crippen LogP contribution is 2.38. The van der Waals surface area contributed by atoms with E-state index in [0.29, 0.717) is 19.0 Å². The van der Waals surface area contributed by atoms with Gasteiger partial charge in [-0.15, -0.1) is 0 Å². The molecule has 2 aromatic carbocycles. The molecule has 2 heterocycles. The highest BCUT2D eigenvalue weighted by atomic mass is 16.5. The van der Waals surface area contributed by atoms with Crippen LogP contribution in [-0.2, 0) is 27.5 Å². The number of nitrogens with one attached hydrogen (secondary N) is 2. The Bertz CT molecular complexity index is 1020. The first-order valence-electron chi connectivity index (χ1n) is 9.44. The predicted molar refractivity (Wildman–Crippen MR) is 109 cm³/mol. The second kappa shape index (κ2) is 8.28. The van der Waals surface area contributed by atoms with Crippen molar-refractivity contribution in [1.82, 2.24) is 15.1 Å². The third kappa shape index (κ3) is 3.90. The topological polar surface area (TPSA) is 85.2 Å². The van der Waals surface area contributed by atoms with Gasteiger partial charge in [0.05, 0.1) is 18.7 Å². The molecular formula is C22H22N4O3. The maximum absolute atomic E-state index is 12.6. The van der Waals surface area contributed by atoms with Gasteiger partial charge in [-0.1, -0.05) is 60.7 Å². The molecule has 29 heavy (non-hydrogen) atoms. The zero-order valence-corrected chi connectivity index (χ0v) is 16.1. The van der Waals surface area contributed by atoms with Gasteiger partial charge in [-0.2, -0.15) is 5.10 Å². The summed E-state index contributed by atoms with van der Waals surface area (Å²) in [7, 11) is 1.60. The number of fused-ring (bicyclic) bond motifs is 1. The maximum Gasteiger partial charge on any atom is 0.251 e. The Labute approximate surface area is 168 Å². The summed E-state index contributed by atoms with van der Waals surface area (Å²) in [6.45, 7) is 0.733. The van der Waals surface area contributed by atoms with Crippen LogP contribution in [0, 0.1) is 0 Å². The zero-order chi connectivity index (χ0) is 20.2. The number of carbonyl (C=O) groups is 2. The summed E-state index contributed by atoms with van der Waals surface area (Å²) < 4.78 is 6.90. The van der Waals surface area contributed by atoms with Crippen molar-refractivity contribution >= 4 is 17.6 Å². The van der Waals surface area contributed by atoms with E-state index in [4.69, 9.17) is 4.74 Å². The number of carbonyl (C=O) groups excluding carboxylic acids is 2. The normalized spacial score (nSPS) is 15.1. The van der Waals surface area contributed by atoms with Gasteiger partial charge in [0.1, 0.15) is 11.9 Å². The van der Waals surface area contributed by atoms with Gasteiger partial charge >= 0.3 is 0 Å². The molecule has 1 atom stereocenters. The lowest BCUT2D eigenvalue weighted by molar-refractivity contribution is -0.126. The molecule has 1 aromatic heterocycles. The van der Waals surface area contributed by atoms with E-state index in [-0.39, 0.29) is 18.2 Å². The van der Waals surface area contributed by atoms with E-state index in [1.165, 1.54) is 0 Å². The first kappa shape index (κ1) is 18.9. The average molecular weight is 390 g/mol. The molecule has 0 saturated heterocycles. The molecule has 0 saturated carbocycles. The number of hydrogen-bond donors (Lipinski definition) is 2. The van der Waals surface area contributed by atoms with Crippen LogP contribution in [0.2, 0.25) is 0 Å². The summed E-state index contributed by atoms with van der Waals surface area (Å²) in [4.78, 5) is 25.0. The number of hydrogen-bond acceptors (Lipinski definition) is 4. The first-order chi connectivity index (χ1) is 14.2. The second-order valence-electron chi connectivity index (χ2n) is 6.89. The molecule has 0 radical (unpaired) electrons. The highest BCUT2D eigenvalue weighted by Gasteiger charge is 2.36. The van der Waals surface area contributed by atoms with E-state index in [1.54, 1.807) is 11.8 Å². The Morgan fingerprint density at radius 2 is 1.83 bits per heavy atom.